The van der Waals surface area contributed by atoms with Crippen LogP contribution in [0.25, 0.3) is 0 Å². The molecule has 1 saturated carbocycles. The fraction of sp³-hybridized carbons (Fsp3) is 0.471. The monoisotopic (exact) mass is 271 g/mol. The number of nitrogens with zero attached hydrogens (tertiary/aromatic N) is 1. The van der Waals surface area contributed by atoms with E-state index in [-0.39, 0.29) is 0 Å². The molecular formula is C17H18ClN. The Balaban J connectivity index is 2.01. The summed E-state index contributed by atoms with van der Waals surface area (Å²) in [6.07, 6.45) is 6.35. The van der Waals surface area contributed by atoms with Crippen LogP contribution in [-0.4, -0.2) is 0 Å². The van der Waals surface area contributed by atoms with Crippen LogP contribution in [-0.2, 0) is 0 Å². The normalized spacial score (nSPS) is 22.2. The molecule has 1 aliphatic rings. The molecule has 19 heavy (non-hydrogen) atoms. The van der Waals surface area contributed by atoms with Crippen molar-refractivity contribution in [2.75, 3.05) is 0 Å². The number of rotatable bonds is 1. The quantitative estimate of drug-likeness (QED) is 0.675. The van der Waals surface area contributed by atoms with E-state index in [0.717, 1.165) is 11.5 Å². The molecule has 2 heteroatoms. The van der Waals surface area contributed by atoms with Gasteiger partial charge in [-0.25, -0.2) is 0 Å². The summed E-state index contributed by atoms with van der Waals surface area (Å²) in [4.78, 5) is 0. The fourth-order valence-corrected chi connectivity index (χ4v) is 2.81. The lowest BCUT2D eigenvalue weighted by atomic mass is 9.81. The zero-order chi connectivity index (χ0) is 13.7. The van der Waals surface area contributed by atoms with Gasteiger partial charge in [0.15, 0.2) is 0 Å². The highest BCUT2D eigenvalue weighted by Crippen LogP contribution is 2.30. The van der Waals surface area contributed by atoms with E-state index in [0.29, 0.717) is 16.5 Å². The van der Waals surface area contributed by atoms with Crippen molar-refractivity contribution in [3.8, 4) is 17.9 Å². The van der Waals surface area contributed by atoms with Gasteiger partial charge < -0.3 is 0 Å². The number of hydrogen-bond donors (Lipinski definition) is 0. The van der Waals surface area contributed by atoms with E-state index in [4.69, 9.17) is 16.9 Å². The highest BCUT2D eigenvalue weighted by molar-refractivity contribution is 6.31. The second kappa shape index (κ2) is 6.65. The van der Waals surface area contributed by atoms with E-state index in [9.17, 15) is 0 Å². The van der Waals surface area contributed by atoms with E-state index in [1.165, 1.54) is 32.1 Å². The highest BCUT2D eigenvalue weighted by atomic mass is 35.5. The lowest BCUT2D eigenvalue weighted by Crippen LogP contribution is -2.12. The SMILES string of the molecule is CC[C@H]1CC[C@H](C#Cc2ccc(C#N)c(Cl)c2)CC1. The van der Waals surface area contributed by atoms with Crippen LogP contribution in [0.2, 0.25) is 5.02 Å². The molecule has 2 rings (SSSR count). The van der Waals surface area contributed by atoms with Crippen molar-refractivity contribution in [2.45, 2.75) is 39.0 Å². The summed E-state index contributed by atoms with van der Waals surface area (Å²) in [5, 5.41) is 9.31. The van der Waals surface area contributed by atoms with E-state index in [2.05, 4.69) is 24.8 Å². The van der Waals surface area contributed by atoms with Crippen molar-refractivity contribution < 1.29 is 0 Å². The van der Waals surface area contributed by atoms with E-state index < -0.39 is 0 Å². The Morgan fingerprint density at radius 3 is 2.58 bits per heavy atom. The van der Waals surface area contributed by atoms with Gasteiger partial charge in [0.05, 0.1) is 10.6 Å². The first kappa shape index (κ1) is 14.0. The Bertz CT molecular complexity index is 537. The van der Waals surface area contributed by atoms with E-state index in [1.54, 1.807) is 12.1 Å². The summed E-state index contributed by atoms with van der Waals surface area (Å²) in [6.45, 7) is 2.27. The van der Waals surface area contributed by atoms with Crippen LogP contribution in [0.5, 0.6) is 0 Å². The molecule has 0 amide bonds. The van der Waals surface area contributed by atoms with Crippen LogP contribution in [0, 0.1) is 35.0 Å². The van der Waals surface area contributed by atoms with E-state index in [1.807, 2.05) is 6.07 Å². The third-order valence-corrected chi connectivity index (χ3v) is 4.25. The van der Waals surface area contributed by atoms with Crippen molar-refractivity contribution in [2.24, 2.45) is 11.8 Å². The van der Waals surface area contributed by atoms with Crippen molar-refractivity contribution in [3.63, 3.8) is 0 Å². The number of nitriles is 1. The Kier molecular flexibility index (Phi) is 4.89. The predicted molar refractivity (Wildman–Crippen MR) is 78.8 cm³/mol. The van der Waals surface area contributed by atoms with Crippen LogP contribution in [0.15, 0.2) is 18.2 Å². The molecule has 0 saturated heterocycles. The minimum atomic E-state index is 0.490. The van der Waals surface area contributed by atoms with Gasteiger partial charge in [-0.15, -0.1) is 0 Å². The first-order valence-corrected chi connectivity index (χ1v) is 7.32. The maximum Gasteiger partial charge on any atom is 0.101 e. The van der Waals surface area contributed by atoms with Crippen LogP contribution < -0.4 is 0 Å². The summed E-state index contributed by atoms with van der Waals surface area (Å²) in [6, 6.07) is 7.45. The Morgan fingerprint density at radius 2 is 2.00 bits per heavy atom. The molecule has 1 aromatic carbocycles. The minimum Gasteiger partial charge on any atom is -0.192 e. The molecular weight excluding hydrogens is 254 g/mol. The molecule has 1 aromatic rings. The molecule has 1 nitrogen and oxygen atoms in total. The lowest BCUT2D eigenvalue weighted by molar-refractivity contribution is 0.309. The molecule has 98 valence electrons. The zero-order valence-electron chi connectivity index (χ0n) is 11.2. The molecule has 0 heterocycles. The van der Waals surface area contributed by atoms with Gasteiger partial charge in [-0.1, -0.05) is 36.8 Å². The van der Waals surface area contributed by atoms with Gasteiger partial charge in [-0.3, -0.25) is 0 Å². The Morgan fingerprint density at radius 1 is 1.26 bits per heavy atom. The molecule has 0 aliphatic heterocycles. The maximum atomic E-state index is 8.82. The first-order valence-electron chi connectivity index (χ1n) is 6.94. The van der Waals surface area contributed by atoms with Gasteiger partial charge in [0.1, 0.15) is 6.07 Å². The highest BCUT2D eigenvalue weighted by Gasteiger charge is 2.17. The van der Waals surface area contributed by atoms with Crippen LogP contribution in [0.1, 0.15) is 50.2 Å². The van der Waals surface area contributed by atoms with Gasteiger partial charge in [0.25, 0.3) is 0 Å². The second-order valence-electron chi connectivity index (χ2n) is 5.20. The van der Waals surface area contributed by atoms with E-state index >= 15 is 0 Å². The summed E-state index contributed by atoms with van der Waals surface area (Å²) in [5.41, 5.74) is 1.41. The van der Waals surface area contributed by atoms with Crippen LogP contribution >= 0.6 is 11.6 Å². The summed E-state index contributed by atoms with van der Waals surface area (Å²) in [7, 11) is 0. The Labute approximate surface area is 120 Å². The maximum absolute atomic E-state index is 8.82. The number of hydrogen-bond acceptors (Lipinski definition) is 1. The molecule has 0 spiro atoms. The first-order chi connectivity index (χ1) is 9.22. The standard InChI is InChI=1S/C17H18ClN/c1-2-13-3-5-14(6-4-13)7-8-15-9-10-16(12-19)17(18)11-15/h9-11,13-14H,2-6H2,1H3/t13-,14-. The number of benzene rings is 1. The average Bonchev–Trinajstić information content (AvgIpc) is 2.46. The largest absolute Gasteiger partial charge is 0.192 e. The van der Waals surface area contributed by atoms with Crippen molar-refractivity contribution in [1.29, 1.82) is 5.26 Å². The van der Waals surface area contributed by atoms with Gasteiger partial charge in [0.2, 0.25) is 0 Å². The predicted octanol–water partition coefficient (Wildman–Crippen LogP) is 4.78. The minimum absolute atomic E-state index is 0.490. The zero-order valence-corrected chi connectivity index (χ0v) is 12.0. The molecule has 1 aliphatic carbocycles. The topological polar surface area (TPSA) is 23.8 Å². The summed E-state index contributed by atoms with van der Waals surface area (Å²) >= 11 is 6.00. The Hall–Kier alpha value is -1.44. The molecule has 0 atom stereocenters. The molecule has 0 N–H and O–H groups in total. The molecule has 0 unspecified atom stereocenters. The molecule has 0 radical (unpaired) electrons. The van der Waals surface area contributed by atoms with Crippen molar-refractivity contribution >= 4 is 11.6 Å². The second-order valence-corrected chi connectivity index (χ2v) is 5.61. The third-order valence-electron chi connectivity index (χ3n) is 3.93. The van der Waals surface area contributed by atoms with Gasteiger partial charge in [0, 0.05) is 11.5 Å². The van der Waals surface area contributed by atoms with Gasteiger partial charge in [-0.05, 0) is 49.8 Å². The third kappa shape index (κ3) is 3.76. The summed E-state index contributed by atoms with van der Waals surface area (Å²) < 4.78 is 0. The average molecular weight is 272 g/mol. The summed E-state index contributed by atoms with van der Waals surface area (Å²) in [5.74, 6) is 7.98. The fourth-order valence-electron chi connectivity index (χ4n) is 2.58. The lowest BCUT2D eigenvalue weighted by Gasteiger charge is -2.24. The van der Waals surface area contributed by atoms with Gasteiger partial charge >= 0.3 is 0 Å². The van der Waals surface area contributed by atoms with Crippen molar-refractivity contribution in [1.82, 2.24) is 0 Å². The van der Waals surface area contributed by atoms with Gasteiger partial charge in [-0.2, -0.15) is 5.26 Å². The van der Waals surface area contributed by atoms with Crippen molar-refractivity contribution in [3.05, 3.63) is 34.3 Å². The molecule has 1 fully saturated rings. The molecule has 0 aromatic heterocycles. The smallest absolute Gasteiger partial charge is 0.101 e. The number of halogens is 1. The van der Waals surface area contributed by atoms with Crippen LogP contribution in [0.3, 0.4) is 0 Å². The van der Waals surface area contributed by atoms with Crippen LogP contribution in [0.4, 0.5) is 0 Å². The molecule has 0 bridgehead atoms.